The fourth-order valence-corrected chi connectivity index (χ4v) is 3.11. The van der Waals surface area contributed by atoms with E-state index in [-0.39, 0.29) is 0 Å². The summed E-state index contributed by atoms with van der Waals surface area (Å²) < 4.78 is 0. The van der Waals surface area contributed by atoms with Crippen molar-refractivity contribution >= 4 is 16.3 Å². The summed E-state index contributed by atoms with van der Waals surface area (Å²) in [5.74, 6) is 0. The highest BCUT2D eigenvalue weighted by Crippen LogP contribution is 2.40. The van der Waals surface area contributed by atoms with E-state index in [2.05, 4.69) is 48.6 Å². The topological polar surface area (TPSA) is 0 Å². The highest BCUT2D eigenvalue weighted by molar-refractivity contribution is 5.91. The Kier molecular flexibility index (Phi) is 1.81. The predicted octanol–water partition coefficient (Wildman–Crippen LogP) is 4.50. The molecular formula is C17H14. The average molecular weight is 218 g/mol. The molecule has 2 aliphatic carbocycles. The van der Waals surface area contributed by atoms with Gasteiger partial charge in [0.05, 0.1) is 0 Å². The molecule has 0 N–H and O–H groups in total. The molecule has 0 atom stereocenters. The molecule has 0 unspecified atom stereocenters. The van der Waals surface area contributed by atoms with Crippen molar-refractivity contribution < 1.29 is 0 Å². The van der Waals surface area contributed by atoms with Crippen molar-refractivity contribution in [3.8, 4) is 0 Å². The monoisotopic (exact) mass is 218 g/mol. The molecule has 2 aliphatic rings. The van der Waals surface area contributed by atoms with Gasteiger partial charge in [-0.15, -0.1) is 0 Å². The third kappa shape index (κ3) is 1.30. The van der Waals surface area contributed by atoms with Crippen LogP contribution >= 0.6 is 0 Å². The number of hydrogen-bond donors (Lipinski definition) is 0. The van der Waals surface area contributed by atoms with E-state index in [4.69, 9.17) is 0 Å². The zero-order valence-corrected chi connectivity index (χ0v) is 9.74. The maximum atomic E-state index is 2.38. The van der Waals surface area contributed by atoms with Crippen molar-refractivity contribution in [1.82, 2.24) is 0 Å². The van der Waals surface area contributed by atoms with Gasteiger partial charge in [0.2, 0.25) is 0 Å². The van der Waals surface area contributed by atoms with Gasteiger partial charge in [0.25, 0.3) is 0 Å². The van der Waals surface area contributed by atoms with Crippen LogP contribution in [0.2, 0.25) is 0 Å². The summed E-state index contributed by atoms with van der Waals surface area (Å²) in [6.45, 7) is 0. The Morgan fingerprint density at radius 1 is 0.941 bits per heavy atom. The molecule has 0 heteroatoms. The van der Waals surface area contributed by atoms with Crippen molar-refractivity contribution in [2.45, 2.75) is 19.3 Å². The van der Waals surface area contributed by atoms with E-state index in [0.717, 1.165) is 6.42 Å². The molecule has 0 fully saturated rings. The van der Waals surface area contributed by atoms with E-state index >= 15 is 0 Å². The third-order valence-electron chi connectivity index (χ3n) is 3.95. The molecule has 82 valence electrons. The summed E-state index contributed by atoms with van der Waals surface area (Å²) in [6.07, 6.45) is 8.18. The summed E-state index contributed by atoms with van der Waals surface area (Å²) in [4.78, 5) is 0. The maximum absolute atomic E-state index is 2.38. The minimum Gasteiger partial charge on any atom is -0.0839 e. The molecular weight excluding hydrogens is 204 g/mol. The van der Waals surface area contributed by atoms with Crippen molar-refractivity contribution in [1.29, 1.82) is 0 Å². The average Bonchev–Trinajstić information content (AvgIpc) is 2.73. The Balaban J connectivity index is 1.99. The highest BCUT2D eigenvalue weighted by atomic mass is 14.3. The van der Waals surface area contributed by atoms with Gasteiger partial charge >= 0.3 is 0 Å². The number of rotatable bonds is 0. The van der Waals surface area contributed by atoms with Crippen LogP contribution in [0.15, 0.2) is 54.1 Å². The smallest absolute Gasteiger partial charge is 0.00167 e. The molecule has 0 amide bonds. The van der Waals surface area contributed by atoms with Crippen LogP contribution in [0.3, 0.4) is 0 Å². The highest BCUT2D eigenvalue weighted by Gasteiger charge is 2.21. The van der Waals surface area contributed by atoms with Crippen LogP contribution in [-0.4, -0.2) is 0 Å². The van der Waals surface area contributed by atoms with Crippen molar-refractivity contribution in [2.24, 2.45) is 0 Å². The summed E-state index contributed by atoms with van der Waals surface area (Å²) in [5, 5.41) is 2.74. The first-order valence-electron chi connectivity index (χ1n) is 6.32. The van der Waals surface area contributed by atoms with Crippen LogP contribution in [0, 0.1) is 0 Å². The summed E-state index contributed by atoms with van der Waals surface area (Å²) in [6, 6.07) is 13.4. The molecule has 4 rings (SSSR count). The predicted molar refractivity (Wildman–Crippen MR) is 72.9 cm³/mol. The van der Waals surface area contributed by atoms with Gasteiger partial charge in [-0.25, -0.2) is 0 Å². The molecule has 2 aromatic rings. The van der Waals surface area contributed by atoms with Crippen molar-refractivity contribution in [3.63, 3.8) is 0 Å². The first kappa shape index (κ1) is 9.23. The molecule has 0 spiro atoms. The molecule has 0 nitrogen and oxygen atoms in total. The summed E-state index contributed by atoms with van der Waals surface area (Å²) >= 11 is 0. The summed E-state index contributed by atoms with van der Waals surface area (Å²) in [7, 11) is 0. The normalized spacial score (nSPS) is 17.4. The van der Waals surface area contributed by atoms with Gasteiger partial charge in [-0.1, -0.05) is 42.5 Å². The quantitative estimate of drug-likeness (QED) is 0.610. The Bertz CT molecular complexity index is 671. The zero-order valence-electron chi connectivity index (χ0n) is 9.74. The lowest BCUT2D eigenvalue weighted by atomic mass is 9.95. The van der Waals surface area contributed by atoms with Crippen molar-refractivity contribution in [3.05, 3.63) is 65.3 Å². The van der Waals surface area contributed by atoms with Crippen LogP contribution < -0.4 is 0 Å². The SMILES string of the molecule is C1=CC2=C(CC1)c1cc3ccccc3cc1C2. The minimum absolute atomic E-state index is 1.13. The third-order valence-corrected chi connectivity index (χ3v) is 3.95. The second-order valence-electron chi connectivity index (χ2n) is 4.98. The maximum Gasteiger partial charge on any atom is -0.00167 e. The molecule has 0 aliphatic heterocycles. The van der Waals surface area contributed by atoms with Gasteiger partial charge in [0, 0.05) is 0 Å². The molecule has 0 heterocycles. The Morgan fingerprint density at radius 2 is 1.76 bits per heavy atom. The second-order valence-corrected chi connectivity index (χ2v) is 4.98. The number of fused-ring (bicyclic) bond motifs is 3. The van der Waals surface area contributed by atoms with Crippen LogP contribution in [0.25, 0.3) is 16.3 Å². The minimum atomic E-state index is 1.13. The van der Waals surface area contributed by atoms with E-state index < -0.39 is 0 Å². The Hall–Kier alpha value is -1.82. The molecule has 0 aromatic heterocycles. The molecule has 0 bridgehead atoms. The van der Waals surface area contributed by atoms with Gasteiger partial charge in [0.1, 0.15) is 0 Å². The molecule has 17 heavy (non-hydrogen) atoms. The van der Waals surface area contributed by atoms with E-state index in [9.17, 15) is 0 Å². The van der Waals surface area contributed by atoms with E-state index in [0.29, 0.717) is 0 Å². The standard InChI is InChI=1S/C17H14/c1-2-6-13-11-17-15(9-12(13)5-1)10-14-7-3-4-8-16(14)17/h1-3,5-7,9,11H,4,8,10H2. The molecule has 0 radical (unpaired) electrons. The fraction of sp³-hybridized carbons (Fsp3) is 0.176. The van der Waals surface area contributed by atoms with Crippen LogP contribution in [0.1, 0.15) is 24.0 Å². The van der Waals surface area contributed by atoms with Crippen LogP contribution in [0.5, 0.6) is 0 Å². The van der Waals surface area contributed by atoms with E-state index in [1.165, 1.54) is 34.7 Å². The number of benzene rings is 2. The summed E-state index contributed by atoms with van der Waals surface area (Å²) in [5.41, 5.74) is 6.15. The van der Waals surface area contributed by atoms with Crippen molar-refractivity contribution in [2.75, 3.05) is 0 Å². The van der Waals surface area contributed by atoms with E-state index in [1.807, 2.05) is 0 Å². The molecule has 2 aromatic carbocycles. The van der Waals surface area contributed by atoms with E-state index in [1.54, 1.807) is 11.1 Å². The zero-order chi connectivity index (χ0) is 11.2. The van der Waals surface area contributed by atoms with Gasteiger partial charge in [-0.3, -0.25) is 0 Å². The van der Waals surface area contributed by atoms with Crippen LogP contribution in [-0.2, 0) is 6.42 Å². The Morgan fingerprint density at radius 3 is 2.65 bits per heavy atom. The van der Waals surface area contributed by atoms with Gasteiger partial charge < -0.3 is 0 Å². The fourth-order valence-electron chi connectivity index (χ4n) is 3.11. The second kappa shape index (κ2) is 3.33. The largest absolute Gasteiger partial charge is 0.0839 e. The first-order valence-corrected chi connectivity index (χ1v) is 6.32. The van der Waals surface area contributed by atoms with Crippen LogP contribution in [0.4, 0.5) is 0 Å². The molecule has 0 saturated heterocycles. The number of allylic oxidation sites excluding steroid dienone is 4. The lowest BCUT2D eigenvalue weighted by molar-refractivity contribution is 1.04. The van der Waals surface area contributed by atoms with Gasteiger partial charge in [-0.05, 0) is 58.4 Å². The molecule has 0 saturated carbocycles. The lowest BCUT2D eigenvalue weighted by Gasteiger charge is -2.09. The lowest BCUT2D eigenvalue weighted by Crippen LogP contribution is -1.88. The Labute approximate surface area is 101 Å². The first-order chi connectivity index (χ1) is 8.42. The van der Waals surface area contributed by atoms with Gasteiger partial charge in [-0.2, -0.15) is 0 Å². The van der Waals surface area contributed by atoms with Gasteiger partial charge in [0.15, 0.2) is 0 Å². The number of hydrogen-bond acceptors (Lipinski definition) is 0.